The lowest BCUT2D eigenvalue weighted by molar-refractivity contribution is 0.700. The van der Waals surface area contributed by atoms with E-state index >= 15 is 0 Å². The number of hydrogen-bond donors (Lipinski definition) is 1. The number of nitrogens with two attached hydrogens (primary N) is 1. The Morgan fingerprint density at radius 3 is 2.78 bits per heavy atom. The Labute approximate surface area is 106 Å². The van der Waals surface area contributed by atoms with E-state index in [1.54, 1.807) is 12.4 Å². The van der Waals surface area contributed by atoms with Gasteiger partial charge in [-0.2, -0.15) is 0 Å². The summed E-state index contributed by atoms with van der Waals surface area (Å²) < 4.78 is 0. The van der Waals surface area contributed by atoms with Gasteiger partial charge in [0, 0.05) is 30.7 Å². The monoisotopic (exact) mass is 241 g/mol. The Kier molecular flexibility index (Phi) is 2.23. The van der Waals surface area contributed by atoms with E-state index in [0.29, 0.717) is 5.82 Å². The van der Waals surface area contributed by atoms with Crippen LogP contribution in [0.3, 0.4) is 0 Å². The van der Waals surface area contributed by atoms with Crippen molar-refractivity contribution in [3.05, 3.63) is 29.8 Å². The third-order valence-corrected chi connectivity index (χ3v) is 3.46. The second kappa shape index (κ2) is 3.66. The van der Waals surface area contributed by atoms with Crippen LogP contribution in [-0.2, 0) is 0 Å². The average molecular weight is 241 g/mol. The number of fused-ring (bicyclic) bond motifs is 3. The van der Waals surface area contributed by atoms with Crippen LogP contribution in [0.5, 0.6) is 0 Å². The summed E-state index contributed by atoms with van der Waals surface area (Å²) in [5.74, 6) is 0.552. The van der Waals surface area contributed by atoms with Crippen LogP contribution >= 0.6 is 0 Å². The molecule has 0 radical (unpaired) electrons. The maximum absolute atomic E-state index is 6.05. The third kappa shape index (κ3) is 1.37. The van der Waals surface area contributed by atoms with E-state index in [4.69, 9.17) is 5.73 Å². The van der Waals surface area contributed by atoms with Gasteiger partial charge < -0.3 is 10.6 Å². The summed E-state index contributed by atoms with van der Waals surface area (Å²) in [4.78, 5) is 15.3. The molecule has 5 heteroatoms. The van der Waals surface area contributed by atoms with E-state index in [1.807, 2.05) is 20.0 Å². The molecule has 1 aliphatic rings. The van der Waals surface area contributed by atoms with Gasteiger partial charge in [-0.05, 0) is 19.9 Å². The molecule has 0 spiro atoms. The Bertz CT molecular complexity index is 623. The van der Waals surface area contributed by atoms with Crippen molar-refractivity contribution in [2.45, 2.75) is 19.9 Å². The SMILES string of the molecule is Cc1cc2c(c(N)n1)N(C)[C@H](C)c1nccnc1-2. The molecule has 2 aromatic heterocycles. The van der Waals surface area contributed by atoms with Crippen molar-refractivity contribution in [2.75, 3.05) is 17.7 Å². The molecule has 92 valence electrons. The highest BCUT2D eigenvalue weighted by molar-refractivity contribution is 5.87. The molecule has 0 unspecified atom stereocenters. The smallest absolute Gasteiger partial charge is 0.148 e. The summed E-state index contributed by atoms with van der Waals surface area (Å²) in [6, 6.07) is 2.16. The first kappa shape index (κ1) is 11.0. The van der Waals surface area contributed by atoms with Gasteiger partial charge in [-0.15, -0.1) is 0 Å². The lowest BCUT2D eigenvalue weighted by atomic mass is 9.97. The normalized spacial score (nSPS) is 17.3. The van der Waals surface area contributed by atoms with Gasteiger partial charge in [-0.3, -0.25) is 9.97 Å². The van der Waals surface area contributed by atoms with Gasteiger partial charge in [0.15, 0.2) is 0 Å². The molecule has 0 aromatic carbocycles. The second-order valence-corrected chi connectivity index (χ2v) is 4.62. The predicted molar refractivity (Wildman–Crippen MR) is 71.2 cm³/mol. The summed E-state index contributed by atoms with van der Waals surface area (Å²) in [6.45, 7) is 4.03. The number of pyridine rings is 1. The van der Waals surface area contributed by atoms with Crippen molar-refractivity contribution in [3.63, 3.8) is 0 Å². The zero-order valence-electron chi connectivity index (χ0n) is 10.7. The molecule has 0 amide bonds. The van der Waals surface area contributed by atoms with Crippen molar-refractivity contribution in [1.82, 2.24) is 15.0 Å². The van der Waals surface area contributed by atoms with Crippen molar-refractivity contribution in [3.8, 4) is 11.3 Å². The number of aryl methyl sites for hydroxylation is 1. The molecule has 0 bridgehead atoms. The van der Waals surface area contributed by atoms with Crippen LogP contribution in [0, 0.1) is 6.92 Å². The summed E-state index contributed by atoms with van der Waals surface area (Å²) in [6.07, 6.45) is 3.44. The van der Waals surface area contributed by atoms with Crippen LogP contribution < -0.4 is 10.6 Å². The van der Waals surface area contributed by atoms with Gasteiger partial charge in [0.25, 0.3) is 0 Å². The number of rotatable bonds is 0. The highest BCUT2D eigenvalue weighted by Gasteiger charge is 2.30. The van der Waals surface area contributed by atoms with Crippen molar-refractivity contribution >= 4 is 11.5 Å². The molecular weight excluding hydrogens is 226 g/mol. The van der Waals surface area contributed by atoms with E-state index in [1.165, 1.54) is 0 Å². The minimum Gasteiger partial charge on any atom is -0.382 e. The van der Waals surface area contributed by atoms with Crippen molar-refractivity contribution in [2.24, 2.45) is 0 Å². The maximum atomic E-state index is 6.05. The van der Waals surface area contributed by atoms with Gasteiger partial charge in [0.1, 0.15) is 5.82 Å². The summed E-state index contributed by atoms with van der Waals surface area (Å²) in [5, 5.41) is 0. The molecule has 0 aliphatic carbocycles. The quantitative estimate of drug-likeness (QED) is 0.763. The number of anilines is 2. The Morgan fingerprint density at radius 2 is 2.00 bits per heavy atom. The average Bonchev–Trinajstić information content (AvgIpc) is 2.35. The zero-order chi connectivity index (χ0) is 12.9. The van der Waals surface area contributed by atoms with E-state index < -0.39 is 0 Å². The maximum Gasteiger partial charge on any atom is 0.148 e. The Hall–Kier alpha value is -2.17. The molecule has 1 aliphatic heterocycles. The molecular formula is C13H15N5. The van der Waals surface area contributed by atoms with Gasteiger partial charge in [0.2, 0.25) is 0 Å². The van der Waals surface area contributed by atoms with E-state index in [-0.39, 0.29) is 6.04 Å². The number of hydrogen-bond acceptors (Lipinski definition) is 5. The predicted octanol–water partition coefficient (Wildman–Crippen LogP) is 1.94. The lowest BCUT2D eigenvalue weighted by Crippen LogP contribution is -2.29. The second-order valence-electron chi connectivity index (χ2n) is 4.62. The largest absolute Gasteiger partial charge is 0.382 e. The van der Waals surface area contributed by atoms with Crippen LogP contribution in [0.1, 0.15) is 24.4 Å². The van der Waals surface area contributed by atoms with Crippen LogP contribution in [0.25, 0.3) is 11.3 Å². The summed E-state index contributed by atoms with van der Waals surface area (Å²) >= 11 is 0. The molecule has 0 saturated heterocycles. The van der Waals surface area contributed by atoms with E-state index in [0.717, 1.165) is 28.3 Å². The first-order valence-corrected chi connectivity index (χ1v) is 5.91. The molecule has 3 heterocycles. The van der Waals surface area contributed by atoms with Gasteiger partial charge in [0.05, 0.1) is 23.1 Å². The Morgan fingerprint density at radius 1 is 1.28 bits per heavy atom. The summed E-state index contributed by atoms with van der Waals surface area (Å²) in [5.41, 5.74) is 10.8. The zero-order valence-corrected chi connectivity index (χ0v) is 10.7. The van der Waals surface area contributed by atoms with Crippen LogP contribution in [-0.4, -0.2) is 22.0 Å². The summed E-state index contributed by atoms with van der Waals surface area (Å²) in [7, 11) is 2.01. The molecule has 1 atom stereocenters. The molecule has 2 N–H and O–H groups in total. The van der Waals surface area contributed by atoms with Crippen molar-refractivity contribution < 1.29 is 0 Å². The van der Waals surface area contributed by atoms with E-state index in [9.17, 15) is 0 Å². The van der Waals surface area contributed by atoms with Crippen LogP contribution in [0.15, 0.2) is 18.5 Å². The van der Waals surface area contributed by atoms with Gasteiger partial charge >= 0.3 is 0 Å². The van der Waals surface area contributed by atoms with Crippen molar-refractivity contribution in [1.29, 1.82) is 0 Å². The molecule has 0 saturated carbocycles. The molecule has 3 rings (SSSR count). The number of aromatic nitrogens is 3. The first-order valence-electron chi connectivity index (χ1n) is 5.91. The van der Waals surface area contributed by atoms with Gasteiger partial charge in [-0.25, -0.2) is 4.98 Å². The minimum absolute atomic E-state index is 0.146. The van der Waals surface area contributed by atoms with Crippen LogP contribution in [0.4, 0.5) is 11.5 Å². The topological polar surface area (TPSA) is 67.9 Å². The highest BCUT2D eigenvalue weighted by Crippen LogP contribution is 2.44. The minimum atomic E-state index is 0.146. The molecule has 2 aromatic rings. The fourth-order valence-electron chi connectivity index (χ4n) is 2.48. The third-order valence-electron chi connectivity index (χ3n) is 3.46. The molecule has 0 fully saturated rings. The first-order chi connectivity index (χ1) is 8.59. The fourth-order valence-corrected chi connectivity index (χ4v) is 2.48. The van der Waals surface area contributed by atoms with Gasteiger partial charge in [-0.1, -0.05) is 0 Å². The molecule has 5 nitrogen and oxygen atoms in total. The highest BCUT2D eigenvalue weighted by atomic mass is 15.2. The number of nitrogen functional groups attached to an aromatic ring is 1. The Balaban J connectivity index is 2.37. The lowest BCUT2D eigenvalue weighted by Gasteiger charge is -2.34. The standard InChI is InChI=1S/C13H15N5/c1-7-6-9-11-10(15-4-5-16-11)8(2)18(3)12(9)13(14)17-7/h4-6,8H,1-3H3,(H2,14,17)/t8-/m1/s1. The fraction of sp³-hybridized carbons (Fsp3) is 0.308. The molecule has 18 heavy (non-hydrogen) atoms. The van der Waals surface area contributed by atoms with Crippen LogP contribution in [0.2, 0.25) is 0 Å². The number of nitrogens with zero attached hydrogens (tertiary/aromatic N) is 4. The van der Waals surface area contributed by atoms with E-state index in [2.05, 4.69) is 26.8 Å².